The predicted octanol–water partition coefficient (Wildman–Crippen LogP) is 2.99. The average molecular weight is 359 g/mol. The second-order valence-corrected chi connectivity index (χ2v) is 7.06. The average Bonchev–Trinajstić information content (AvgIpc) is 3.29. The van der Waals surface area contributed by atoms with Crippen molar-refractivity contribution < 1.29 is 9.21 Å². The van der Waals surface area contributed by atoms with E-state index in [-0.39, 0.29) is 11.7 Å². The van der Waals surface area contributed by atoms with Gasteiger partial charge in [-0.05, 0) is 31.9 Å². The van der Waals surface area contributed by atoms with Gasteiger partial charge in [-0.3, -0.25) is 9.36 Å². The molecule has 0 aromatic carbocycles. The van der Waals surface area contributed by atoms with Crippen LogP contribution >= 0.6 is 11.8 Å². The normalized spacial score (nSPS) is 16.3. The molecular weight excluding hydrogens is 338 g/mol. The Morgan fingerprint density at radius 1 is 1.44 bits per heavy atom. The molecule has 1 N–H and O–H groups in total. The van der Waals surface area contributed by atoms with Crippen LogP contribution in [0, 0.1) is 11.3 Å². The maximum atomic E-state index is 12.3. The SMILES string of the molecule is CCn1c(SCC(=O)NC2(C#N)CCCCC2)nnc1-c1ccco1. The number of nitrogens with one attached hydrogen (secondary N) is 1. The molecule has 1 aliphatic carbocycles. The monoisotopic (exact) mass is 359 g/mol. The lowest BCUT2D eigenvalue weighted by atomic mass is 9.83. The van der Waals surface area contributed by atoms with Gasteiger partial charge in [-0.25, -0.2) is 0 Å². The summed E-state index contributed by atoms with van der Waals surface area (Å²) in [5, 5.41) is 21.4. The Morgan fingerprint density at radius 3 is 2.88 bits per heavy atom. The van der Waals surface area contributed by atoms with Crippen LogP contribution in [0.1, 0.15) is 39.0 Å². The first-order valence-corrected chi connectivity index (χ1v) is 9.48. The molecule has 7 nitrogen and oxygen atoms in total. The van der Waals surface area contributed by atoms with Crippen molar-refractivity contribution in [3.05, 3.63) is 18.4 Å². The van der Waals surface area contributed by atoms with Crippen LogP contribution in [0.4, 0.5) is 0 Å². The van der Waals surface area contributed by atoms with E-state index in [1.165, 1.54) is 11.8 Å². The molecule has 0 unspecified atom stereocenters. The molecular formula is C17H21N5O2S. The highest BCUT2D eigenvalue weighted by molar-refractivity contribution is 7.99. The largest absolute Gasteiger partial charge is 0.461 e. The van der Waals surface area contributed by atoms with Gasteiger partial charge in [0.2, 0.25) is 5.91 Å². The van der Waals surface area contributed by atoms with Crippen LogP contribution in [-0.4, -0.2) is 32.0 Å². The number of thioether (sulfide) groups is 1. The van der Waals surface area contributed by atoms with E-state index < -0.39 is 5.54 Å². The quantitative estimate of drug-likeness (QED) is 0.796. The third-order valence-electron chi connectivity index (χ3n) is 4.41. The Morgan fingerprint density at radius 2 is 2.24 bits per heavy atom. The molecule has 0 aliphatic heterocycles. The number of carbonyl (C=O) groups is 1. The van der Waals surface area contributed by atoms with Gasteiger partial charge in [-0.15, -0.1) is 10.2 Å². The fraction of sp³-hybridized carbons (Fsp3) is 0.529. The zero-order valence-corrected chi connectivity index (χ0v) is 15.0. The van der Waals surface area contributed by atoms with Gasteiger partial charge in [-0.1, -0.05) is 31.0 Å². The first kappa shape index (κ1) is 17.5. The zero-order chi connectivity index (χ0) is 17.7. The Balaban J connectivity index is 1.64. The van der Waals surface area contributed by atoms with Gasteiger partial charge in [0, 0.05) is 6.54 Å². The van der Waals surface area contributed by atoms with Crippen LogP contribution < -0.4 is 5.32 Å². The number of nitrogens with zero attached hydrogens (tertiary/aromatic N) is 4. The molecule has 2 aromatic rings. The van der Waals surface area contributed by atoms with Gasteiger partial charge >= 0.3 is 0 Å². The zero-order valence-electron chi connectivity index (χ0n) is 14.2. The summed E-state index contributed by atoms with van der Waals surface area (Å²) >= 11 is 1.32. The summed E-state index contributed by atoms with van der Waals surface area (Å²) in [6, 6.07) is 5.94. The van der Waals surface area contributed by atoms with E-state index in [1.54, 1.807) is 12.3 Å². The van der Waals surface area contributed by atoms with Crippen molar-refractivity contribution >= 4 is 17.7 Å². The number of carbonyl (C=O) groups excluding carboxylic acids is 1. The molecule has 3 rings (SSSR count). The second kappa shape index (κ2) is 7.74. The first-order chi connectivity index (χ1) is 12.2. The van der Waals surface area contributed by atoms with Crippen molar-refractivity contribution in [3.63, 3.8) is 0 Å². The molecule has 0 radical (unpaired) electrons. The van der Waals surface area contributed by atoms with E-state index in [0.29, 0.717) is 23.3 Å². The Bertz CT molecular complexity index is 757. The third kappa shape index (κ3) is 3.87. The lowest BCUT2D eigenvalue weighted by molar-refractivity contribution is -0.120. The maximum Gasteiger partial charge on any atom is 0.231 e. The number of aromatic nitrogens is 3. The van der Waals surface area contributed by atoms with Crippen molar-refractivity contribution in [3.8, 4) is 17.7 Å². The Hall–Kier alpha value is -2.27. The van der Waals surface area contributed by atoms with Crippen molar-refractivity contribution in [2.24, 2.45) is 0 Å². The summed E-state index contributed by atoms with van der Waals surface area (Å²) in [6.45, 7) is 2.67. The predicted molar refractivity (Wildman–Crippen MR) is 93.7 cm³/mol. The summed E-state index contributed by atoms with van der Waals surface area (Å²) in [6.07, 6.45) is 6.15. The maximum absolute atomic E-state index is 12.3. The van der Waals surface area contributed by atoms with Crippen LogP contribution in [0.5, 0.6) is 0 Å². The first-order valence-electron chi connectivity index (χ1n) is 8.49. The van der Waals surface area contributed by atoms with Gasteiger partial charge in [0.25, 0.3) is 0 Å². The minimum atomic E-state index is -0.701. The highest BCUT2D eigenvalue weighted by Gasteiger charge is 2.33. The van der Waals surface area contributed by atoms with Crippen LogP contribution in [0.3, 0.4) is 0 Å². The summed E-state index contributed by atoms with van der Waals surface area (Å²) < 4.78 is 7.30. The van der Waals surface area contributed by atoms with Crippen LogP contribution in [0.15, 0.2) is 28.0 Å². The third-order valence-corrected chi connectivity index (χ3v) is 5.37. The molecule has 0 spiro atoms. The van der Waals surface area contributed by atoms with Gasteiger partial charge in [0.15, 0.2) is 16.7 Å². The number of hydrogen-bond donors (Lipinski definition) is 1. The molecule has 0 bridgehead atoms. The molecule has 1 aliphatic rings. The van der Waals surface area contributed by atoms with Crippen molar-refractivity contribution in [2.45, 2.75) is 56.3 Å². The summed E-state index contributed by atoms with van der Waals surface area (Å²) in [5.74, 6) is 1.37. The van der Waals surface area contributed by atoms with Crippen LogP contribution in [-0.2, 0) is 11.3 Å². The van der Waals surface area contributed by atoms with Crippen LogP contribution in [0.2, 0.25) is 0 Å². The molecule has 8 heteroatoms. The molecule has 132 valence electrons. The number of nitriles is 1. The minimum absolute atomic E-state index is 0.140. The fourth-order valence-electron chi connectivity index (χ4n) is 3.12. The molecule has 1 saturated carbocycles. The van der Waals surface area contributed by atoms with E-state index in [2.05, 4.69) is 21.6 Å². The fourth-order valence-corrected chi connectivity index (χ4v) is 3.92. The van der Waals surface area contributed by atoms with Crippen molar-refractivity contribution in [2.75, 3.05) is 5.75 Å². The highest BCUT2D eigenvalue weighted by atomic mass is 32.2. The highest BCUT2D eigenvalue weighted by Crippen LogP contribution is 2.28. The van der Waals surface area contributed by atoms with E-state index in [4.69, 9.17) is 4.42 Å². The van der Waals surface area contributed by atoms with E-state index in [1.807, 2.05) is 17.6 Å². The van der Waals surface area contributed by atoms with Gasteiger partial charge in [0.05, 0.1) is 18.1 Å². The number of hydrogen-bond acceptors (Lipinski definition) is 6. The van der Waals surface area contributed by atoms with E-state index >= 15 is 0 Å². The molecule has 1 fully saturated rings. The molecule has 2 aromatic heterocycles. The molecule has 25 heavy (non-hydrogen) atoms. The van der Waals surface area contributed by atoms with Gasteiger partial charge in [0.1, 0.15) is 5.54 Å². The molecule has 0 atom stereocenters. The molecule has 2 heterocycles. The Kier molecular flexibility index (Phi) is 5.43. The molecule has 0 saturated heterocycles. The minimum Gasteiger partial charge on any atom is -0.461 e. The number of amides is 1. The lowest BCUT2D eigenvalue weighted by Gasteiger charge is -2.31. The van der Waals surface area contributed by atoms with Crippen molar-refractivity contribution in [1.29, 1.82) is 5.26 Å². The number of rotatable bonds is 6. The lowest BCUT2D eigenvalue weighted by Crippen LogP contribution is -2.49. The Labute approximate surface area is 150 Å². The summed E-state index contributed by atoms with van der Waals surface area (Å²) in [7, 11) is 0. The standard InChI is InChI=1S/C17H21N5O2S/c1-2-22-15(13-7-6-10-24-13)20-21-16(22)25-11-14(23)19-17(12-18)8-4-3-5-9-17/h6-7,10H,2-5,8-9,11H2,1H3,(H,19,23). The topological polar surface area (TPSA) is 96.7 Å². The van der Waals surface area contributed by atoms with E-state index in [9.17, 15) is 10.1 Å². The second-order valence-electron chi connectivity index (χ2n) is 6.12. The summed E-state index contributed by atoms with van der Waals surface area (Å²) in [4.78, 5) is 12.3. The van der Waals surface area contributed by atoms with Gasteiger partial charge < -0.3 is 9.73 Å². The van der Waals surface area contributed by atoms with Crippen molar-refractivity contribution in [1.82, 2.24) is 20.1 Å². The number of furan rings is 1. The van der Waals surface area contributed by atoms with E-state index in [0.717, 1.165) is 32.1 Å². The smallest absolute Gasteiger partial charge is 0.231 e. The molecule has 1 amide bonds. The summed E-state index contributed by atoms with van der Waals surface area (Å²) in [5.41, 5.74) is -0.701. The van der Waals surface area contributed by atoms with Gasteiger partial charge in [-0.2, -0.15) is 5.26 Å². The van der Waals surface area contributed by atoms with Crippen LogP contribution in [0.25, 0.3) is 11.6 Å².